The number of ether oxygens (including phenoxy) is 1. The van der Waals surface area contributed by atoms with Gasteiger partial charge in [0.2, 0.25) is 0 Å². The average Bonchev–Trinajstić information content (AvgIpc) is 3.09. The Morgan fingerprint density at radius 2 is 2.11 bits per heavy atom. The molecule has 6 nitrogen and oxygen atoms in total. The molecular weight excluding hydrogens is 266 g/mol. The smallest absolute Gasteiger partial charge is 0.282 e. The molecule has 19 heavy (non-hydrogen) atoms. The van der Waals surface area contributed by atoms with Crippen molar-refractivity contribution in [3.63, 3.8) is 0 Å². The lowest BCUT2D eigenvalue weighted by atomic mass is 10.1. The second-order valence-corrected chi connectivity index (χ2v) is 7.26. The van der Waals surface area contributed by atoms with Crippen molar-refractivity contribution in [2.75, 3.05) is 33.4 Å². The molecule has 1 aliphatic carbocycles. The third-order valence-electron chi connectivity index (χ3n) is 3.64. The lowest BCUT2D eigenvalue weighted by Crippen LogP contribution is -2.45. The van der Waals surface area contributed by atoms with Crippen molar-refractivity contribution >= 4 is 10.2 Å². The second kappa shape index (κ2) is 6.18. The molecule has 0 radical (unpaired) electrons. The summed E-state index contributed by atoms with van der Waals surface area (Å²) in [4.78, 5) is 0. The normalized spacial score (nSPS) is 24.0. The molecule has 108 valence electrons. The fraction of sp³-hybridized carbons (Fsp3) is 0.917. The molecule has 2 rings (SSSR count). The molecule has 0 bridgehead atoms. The maximum absolute atomic E-state index is 12.5. The van der Waals surface area contributed by atoms with Crippen LogP contribution in [0, 0.1) is 17.2 Å². The molecule has 0 aromatic carbocycles. The number of hydrogen-bond donors (Lipinski definition) is 0. The standard InChI is InChI=1S/C12H21N3O3S/c1-14(7-2-6-13)19(16,17)15(12-3-4-12)9-11-5-8-18-10-11/h11-12H,2-5,7-10H2,1H3. The van der Waals surface area contributed by atoms with Crippen LogP contribution in [-0.2, 0) is 14.9 Å². The van der Waals surface area contributed by atoms with E-state index in [1.807, 2.05) is 6.07 Å². The van der Waals surface area contributed by atoms with Crippen LogP contribution in [0.1, 0.15) is 25.7 Å². The first-order valence-corrected chi connectivity index (χ1v) is 8.13. The monoisotopic (exact) mass is 287 g/mol. The fourth-order valence-electron chi connectivity index (χ4n) is 2.28. The summed E-state index contributed by atoms with van der Waals surface area (Å²) in [6.07, 6.45) is 3.04. The minimum Gasteiger partial charge on any atom is -0.381 e. The summed E-state index contributed by atoms with van der Waals surface area (Å²) in [5.41, 5.74) is 0. The number of nitrogens with zero attached hydrogens (tertiary/aromatic N) is 3. The molecule has 0 amide bonds. The molecule has 2 fully saturated rings. The molecule has 1 heterocycles. The first-order valence-electron chi connectivity index (χ1n) is 6.73. The van der Waals surface area contributed by atoms with E-state index in [-0.39, 0.29) is 19.0 Å². The Morgan fingerprint density at radius 3 is 2.63 bits per heavy atom. The van der Waals surface area contributed by atoms with Gasteiger partial charge in [-0.3, -0.25) is 0 Å². The Balaban J connectivity index is 2.02. The Labute approximate surface area is 115 Å². The summed E-state index contributed by atoms with van der Waals surface area (Å²) in [5, 5.41) is 8.57. The SMILES string of the molecule is CN(CCC#N)S(=O)(=O)N(CC1CCOC1)C1CC1. The first kappa shape index (κ1) is 14.7. The van der Waals surface area contributed by atoms with Gasteiger partial charge in [-0.15, -0.1) is 0 Å². The summed E-state index contributed by atoms with van der Waals surface area (Å²) in [5.74, 6) is 0.305. The molecule has 1 saturated carbocycles. The summed E-state index contributed by atoms with van der Waals surface area (Å²) in [6.45, 7) is 2.18. The summed E-state index contributed by atoms with van der Waals surface area (Å²) in [6, 6.07) is 2.13. The Bertz CT molecular complexity index is 436. The van der Waals surface area contributed by atoms with Gasteiger partial charge in [-0.05, 0) is 25.2 Å². The van der Waals surface area contributed by atoms with Gasteiger partial charge >= 0.3 is 0 Å². The third-order valence-corrected chi connectivity index (χ3v) is 5.66. The molecule has 1 aliphatic heterocycles. The van der Waals surface area contributed by atoms with Crippen LogP contribution in [0.5, 0.6) is 0 Å². The van der Waals surface area contributed by atoms with Crippen molar-refractivity contribution in [1.82, 2.24) is 8.61 Å². The highest BCUT2D eigenvalue weighted by atomic mass is 32.2. The average molecular weight is 287 g/mol. The Morgan fingerprint density at radius 1 is 1.37 bits per heavy atom. The van der Waals surface area contributed by atoms with Crippen LogP contribution < -0.4 is 0 Å². The van der Waals surface area contributed by atoms with Gasteiger partial charge < -0.3 is 4.74 Å². The van der Waals surface area contributed by atoms with Gasteiger partial charge in [0.15, 0.2) is 0 Å². The van der Waals surface area contributed by atoms with Crippen molar-refractivity contribution in [3.8, 4) is 6.07 Å². The van der Waals surface area contributed by atoms with Crippen molar-refractivity contribution in [2.45, 2.75) is 31.7 Å². The van der Waals surface area contributed by atoms with Crippen LogP contribution in [0.3, 0.4) is 0 Å². The molecule has 0 N–H and O–H groups in total. The van der Waals surface area contributed by atoms with E-state index in [0.29, 0.717) is 19.1 Å². The highest BCUT2D eigenvalue weighted by molar-refractivity contribution is 7.86. The maximum Gasteiger partial charge on any atom is 0.282 e. The van der Waals surface area contributed by atoms with Crippen molar-refractivity contribution in [3.05, 3.63) is 0 Å². The summed E-state index contributed by atoms with van der Waals surface area (Å²) >= 11 is 0. The van der Waals surface area contributed by atoms with Crippen molar-refractivity contribution < 1.29 is 13.2 Å². The third kappa shape index (κ3) is 3.66. The Hall–Kier alpha value is -0.680. The van der Waals surface area contributed by atoms with Crippen molar-refractivity contribution in [2.24, 2.45) is 5.92 Å². The highest BCUT2D eigenvalue weighted by Crippen LogP contribution is 2.32. The van der Waals surface area contributed by atoms with E-state index in [2.05, 4.69) is 0 Å². The molecule has 0 aromatic rings. The van der Waals surface area contributed by atoms with Crippen LogP contribution in [0.2, 0.25) is 0 Å². The van der Waals surface area contributed by atoms with Gasteiger partial charge in [0, 0.05) is 39.2 Å². The van der Waals surface area contributed by atoms with E-state index in [4.69, 9.17) is 10.00 Å². The quantitative estimate of drug-likeness (QED) is 0.686. The van der Waals surface area contributed by atoms with Crippen LogP contribution in [-0.4, -0.2) is 56.4 Å². The number of nitriles is 1. The van der Waals surface area contributed by atoms with Crippen LogP contribution >= 0.6 is 0 Å². The van der Waals surface area contributed by atoms with Gasteiger partial charge in [0.25, 0.3) is 10.2 Å². The second-order valence-electron chi connectivity index (χ2n) is 5.27. The predicted octanol–water partition coefficient (Wildman–Crippen LogP) is 0.578. The zero-order valence-electron chi connectivity index (χ0n) is 11.3. The summed E-state index contributed by atoms with van der Waals surface area (Å²) in [7, 11) is -1.89. The van der Waals surface area contributed by atoms with E-state index < -0.39 is 10.2 Å². The number of rotatable bonds is 7. The van der Waals surface area contributed by atoms with Crippen LogP contribution in [0.15, 0.2) is 0 Å². The molecular formula is C12H21N3O3S. The first-order chi connectivity index (χ1) is 9.05. The molecule has 1 saturated heterocycles. The van der Waals surface area contributed by atoms with Gasteiger partial charge in [-0.1, -0.05) is 0 Å². The van der Waals surface area contributed by atoms with Crippen LogP contribution in [0.4, 0.5) is 0 Å². The fourth-order valence-corrected chi connectivity index (χ4v) is 3.94. The molecule has 0 aromatic heterocycles. The summed E-state index contributed by atoms with van der Waals surface area (Å²) < 4.78 is 33.2. The Kier molecular flexibility index (Phi) is 4.79. The molecule has 1 atom stereocenters. The largest absolute Gasteiger partial charge is 0.381 e. The minimum absolute atomic E-state index is 0.148. The lowest BCUT2D eigenvalue weighted by molar-refractivity contribution is 0.179. The van der Waals surface area contributed by atoms with E-state index in [1.165, 1.54) is 4.31 Å². The lowest BCUT2D eigenvalue weighted by Gasteiger charge is -2.28. The van der Waals surface area contributed by atoms with Crippen molar-refractivity contribution in [1.29, 1.82) is 5.26 Å². The van der Waals surface area contributed by atoms with Gasteiger partial charge in [-0.25, -0.2) is 0 Å². The van der Waals surface area contributed by atoms with E-state index >= 15 is 0 Å². The molecule has 1 unspecified atom stereocenters. The van der Waals surface area contributed by atoms with Gasteiger partial charge in [0.05, 0.1) is 12.7 Å². The van der Waals surface area contributed by atoms with Gasteiger partial charge in [0.1, 0.15) is 0 Å². The molecule has 2 aliphatic rings. The molecule has 7 heteroatoms. The minimum atomic E-state index is -3.44. The maximum atomic E-state index is 12.5. The predicted molar refractivity (Wildman–Crippen MR) is 70.4 cm³/mol. The highest BCUT2D eigenvalue weighted by Gasteiger charge is 2.40. The molecule has 0 spiro atoms. The zero-order chi connectivity index (χ0) is 13.9. The van der Waals surface area contributed by atoms with E-state index in [0.717, 1.165) is 25.9 Å². The van der Waals surface area contributed by atoms with E-state index in [1.54, 1.807) is 11.4 Å². The zero-order valence-corrected chi connectivity index (χ0v) is 12.1. The van der Waals surface area contributed by atoms with Gasteiger partial charge in [-0.2, -0.15) is 22.3 Å². The van der Waals surface area contributed by atoms with E-state index in [9.17, 15) is 8.42 Å². The topological polar surface area (TPSA) is 73.6 Å². The van der Waals surface area contributed by atoms with Crippen LogP contribution in [0.25, 0.3) is 0 Å². The number of hydrogen-bond acceptors (Lipinski definition) is 4.